The van der Waals surface area contributed by atoms with E-state index >= 15 is 0 Å². The molecule has 0 amide bonds. The Balaban J connectivity index is 1.85. The van der Waals surface area contributed by atoms with Gasteiger partial charge < -0.3 is 29.4 Å². The lowest BCUT2D eigenvalue weighted by atomic mass is 9.95. The molecule has 0 saturated carbocycles. The predicted molar refractivity (Wildman–Crippen MR) is 157 cm³/mol. The number of hydrogen-bond acceptors (Lipinski definition) is 10. The highest BCUT2D eigenvalue weighted by molar-refractivity contribution is 6.07. The molecule has 2 N–H and O–H groups in total. The van der Waals surface area contributed by atoms with Crippen molar-refractivity contribution in [3.05, 3.63) is 94.9 Å². The van der Waals surface area contributed by atoms with Crippen molar-refractivity contribution in [3.8, 4) is 39.8 Å². The minimum atomic E-state index is -0.724. The fourth-order valence-corrected chi connectivity index (χ4v) is 4.71. The Morgan fingerprint density at radius 3 is 2.19 bits per heavy atom. The van der Waals surface area contributed by atoms with E-state index in [1.807, 2.05) is 0 Å². The Morgan fingerprint density at radius 1 is 0.881 bits per heavy atom. The van der Waals surface area contributed by atoms with Crippen LogP contribution >= 0.6 is 0 Å². The molecular weight excluding hydrogens is 540 g/mol. The molecule has 0 bridgehead atoms. The van der Waals surface area contributed by atoms with Crippen LogP contribution in [-0.2, 0) is 11.3 Å². The lowest BCUT2D eigenvalue weighted by Gasteiger charge is -2.21. The van der Waals surface area contributed by atoms with E-state index in [9.17, 15) is 9.59 Å². The summed E-state index contributed by atoms with van der Waals surface area (Å²) >= 11 is 0. The predicted octanol–water partition coefficient (Wildman–Crippen LogP) is 4.42. The number of esters is 1. The zero-order chi connectivity index (χ0) is 29.8. The lowest BCUT2D eigenvalue weighted by Crippen LogP contribution is -2.27. The minimum absolute atomic E-state index is 0.00210. The van der Waals surface area contributed by atoms with Crippen LogP contribution in [0.1, 0.15) is 16.2 Å². The smallest absolute Gasteiger partial charge is 0.355 e. The molecule has 0 spiro atoms. The fourth-order valence-electron chi connectivity index (χ4n) is 4.71. The van der Waals surface area contributed by atoms with Crippen LogP contribution in [0.15, 0.2) is 78.0 Å². The van der Waals surface area contributed by atoms with Crippen molar-refractivity contribution in [1.29, 1.82) is 0 Å². The van der Waals surface area contributed by atoms with E-state index in [1.165, 1.54) is 33.0 Å². The average molecular weight is 569 g/mol. The number of aromatic nitrogens is 3. The minimum Gasteiger partial charge on any atom is -0.493 e. The molecule has 0 fully saturated rings. The zero-order valence-corrected chi connectivity index (χ0v) is 23.4. The first-order valence-corrected chi connectivity index (χ1v) is 12.7. The molecule has 0 unspecified atom stereocenters. The van der Waals surface area contributed by atoms with E-state index in [1.54, 1.807) is 73.2 Å². The van der Waals surface area contributed by atoms with Gasteiger partial charge in [0.1, 0.15) is 18.1 Å². The number of pyridine rings is 1. The summed E-state index contributed by atoms with van der Waals surface area (Å²) in [5.41, 5.74) is 7.93. The summed E-state index contributed by atoms with van der Waals surface area (Å²) in [6, 6.07) is 15.1. The number of nitrogens with zero attached hydrogens (tertiary/aromatic N) is 3. The first-order valence-electron chi connectivity index (χ1n) is 12.7. The molecule has 11 heteroatoms. The molecule has 42 heavy (non-hydrogen) atoms. The van der Waals surface area contributed by atoms with E-state index in [4.69, 9.17) is 29.4 Å². The molecule has 2 aromatic heterocycles. The summed E-state index contributed by atoms with van der Waals surface area (Å²) in [6.07, 6.45) is 4.74. The molecule has 0 radical (unpaired) electrons. The molecule has 5 aromatic rings. The van der Waals surface area contributed by atoms with E-state index in [0.717, 1.165) is 0 Å². The van der Waals surface area contributed by atoms with Gasteiger partial charge in [0.15, 0.2) is 11.5 Å². The molecule has 0 aliphatic carbocycles. The van der Waals surface area contributed by atoms with Gasteiger partial charge in [-0.1, -0.05) is 0 Å². The van der Waals surface area contributed by atoms with Gasteiger partial charge in [0.2, 0.25) is 5.75 Å². The number of carbonyl (C=O) groups excluding carboxylic acids is 1. The van der Waals surface area contributed by atoms with Crippen LogP contribution in [0.3, 0.4) is 0 Å². The van der Waals surface area contributed by atoms with Gasteiger partial charge in [0.25, 0.3) is 5.56 Å². The Labute approximate surface area is 241 Å². The second-order valence-corrected chi connectivity index (χ2v) is 9.05. The van der Waals surface area contributed by atoms with Gasteiger partial charge in [-0.15, -0.1) is 0 Å². The molecule has 0 aliphatic rings. The standard InChI is InChI=1S/C31H28N4O7/c1-38-25-13-18(14-26(39-2)29(25)40-3)27-23-10-9-22(42-17-20-16-33-11-12-34-20)15-24(23)30(36)35(28(27)31(37)41-4)21-7-5-19(32)6-8-21/h5-16H,17,32H2,1-4H3. The molecule has 3 aromatic carbocycles. The van der Waals surface area contributed by atoms with Crippen LogP contribution in [0.2, 0.25) is 0 Å². The van der Waals surface area contributed by atoms with Gasteiger partial charge in [-0.05, 0) is 65.5 Å². The van der Waals surface area contributed by atoms with Gasteiger partial charge in [0, 0.05) is 29.3 Å². The highest BCUT2D eigenvalue weighted by atomic mass is 16.5. The first kappa shape index (κ1) is 28.0. The summed E-state index contributed by atoms with van der Waals surface area (Å²) < 4.78 is 29.1. The summed E-state index contributed by atoms with van der Waals surface area (Å²) in [4.78, 5) is 36.0. The summed E-state index contributed by atoms with van der Waals surface area (Å²) in [6.45, 7) is 0.144. The van der Waals surface area contributed by atoms with Gasteiger partial charge in [0.05, 0.1) is 45.7 Å². The maximum absolute atomic E-state index is 14.2. The maximum Gasteiger partial charge on any atom is 0.355 e. The van der Waals surface area contributed by atoms with E-state index in [2.05, 4.69) is 9.97 Å². The Hall–Kier alpha value is -5.58. The lowest BCUT2D eigenvalue weighted by molar-refractivity contribution is 0.0591. The number of rotatable bonds is 9. The first-order chi connectivity index (χ1) is 20.4. The van der Waals surface area contributed by atoms with Crippen LogP contribution in [0.4, 0.5) is 5.69 Å². The number of benzene rings is 3. The number of anilines is 1. The second-order valence-electron chi connectivity index (χ2n) is 9.05. The van der Waals surface area contributed by atoms with Crippen LogP contribution < -0.4 is 30.2 Å². The summed E-state index contributed by atoms with van der Waals surface area (Å²) in [5, 5.41) is 0.771. The molecule has 11 nitrogen and oxygen atoms in total. The summed E-state index contributed by atoms with van der Waals surface area (Å²) in [7, 11) is 5.75. The zero-order valence-electron chi connectivity index (χ0n) is 23.4. The topological polar surface area (TPSA) is 137 Å². The molecule has 0 aliphatic heterocycles. The number of nitrogens with two attached hydrogens (primary N) is 1. The van der Waals surface area contributed by atoms with Gasteiger partial charge >= 0.3 is 5.97 Å². The number of carbonyl (C=O) groups is 1. The number of ether oxygens (including phenoxy) is 5. The Morgan fingerprint density at radius 2 is 1.60 bits per heavy atom. The number of hydrogen-bond donors (Lipinski definition) is 1. The van der Waals surface area contributed by atoms with E-state index < -0.39 is 11.5 Å². The van der Waals surface area contributed by atoms with Crippen molar-refractivity contribution < 1.29 is 28.5 Å². The van der Waals surface area contributed by atoms with Crippen LogP contribution in [0.25, 0.3) is 27.6 Å². The van der Waals surface area contributed by atoms with E-state index in [-0.39, 0.29) is 12.3 Å². The third-order valence-corrected chi connectivity index (χ3v) is 6.64. The molecule has 214 valence electrons. The van der Waals surface area contributed by atoms with Crippen molar-refractivity contribution in [2.24, 2.45) is 0 Å². The third-order valence-electron chi connectivity index (χ3n) is 6.64. The number of nitrogen functional groups attached to an aromatic ring is 1. The van der Waals surface area contributed by atoms with Crippen molar-refractivity contribution in [2.75, 3.05) is 34.2 Å². The third kappa shape index (κ3) is 5.15. The maximum atomic E-state index is 14.2. The largest absolute Gasteiger partial charge is 0.493 e. The van der Waals surface area contributed by atoms with Crippen molar-refractivity contribution in [1.82, 2.24) is 14.5 Å². The van der Waals surface area contributed by atoms with Crippen molar-refractivity contribution in [3.63, 3.8) is 0 Å². The monoisotopic (exact) mass is 568 g/mol. The fraction of sp³-hybridized carbons (Fsp3) is 0.161. The van der Waals surface area contributed by atoms with Gasteiger partial charge in [-0.25, -0.2) is 4.79 Å². The molecule has 0 saturated heterocycles. The number of fused-ring (bicyclic) bond motifs is 1. The highest BCUT2D eigenvalue weighted by Gasteiger charge is 2.27. The van der Waals surface area contributed by atoms with Gasteiger partial charge in [-0.3, -0.25) is 19.3 Å². The Kier molecular flexibility index (Phi) is 7.91. The highest BCUT2D eigenvalue weighted by Crippen LogP contribution is 2.44. The normalized spacial score (nSPS) is 10.8. The second kappa shape index (κ2) is 11.9. The summed E-state index contributed by atoms with van der Waals surface area (Å²) in [5.74, 6) is 0.808. The van der Waals surface area contributed by atoms with Crippen LogP contribution in [-0.4, -0.2) is 48.9 Å². The molecular formula is C31H28N4O7. The van der Waals surface area contributed by atoms with Gasteiger partial charge in [-0.2, -0.15) is 0 Å². The average Bonchev–Trinajstić information content (AvgIpc) is 3.03. The van der Waals surface area contributed by atoms with Crippen molar-refractivity contribution >= 4 is 22.4 Å². The molecule has 5 rings (SSSR count). The number of methoxy groups -OCH3 is 4. The SMILES string of the molecule is COC(=O)c1c(-c2cc(OC)c(OC)c(OC)c2)c2ccc(OCc3cnccn3)cc2c(=O)n1-c1ccc(N)cc1. The molecule has 0 atom stereocenters. The van der Waals surface area contributed by atoms with E-state index in [0.29, 0.717) is 62.0 Å². The molecule has 2 heterocycles. The van der Waals surface area contributed by atoms with Crippen LogP contribution in [0, 0.1) is 0 Å². The van der Waals surface area contributed by atoms with Crippen molar-refractivity contribution in [2.45, 2.75) is 6.61 Å². The quantitative estimate of drug-likeness (QED) is 0.201. The van der Waals surface area contributed by atoms with Crippen LogP contribution in [0.5, 0.6) is 23.0 Å². The Bertz CT molecular complexity index is 1800.